The highest BCUT2D eigenvalue weighted by atomic mass is 35.5. The monoisotopic (exact) mass is 446 g/mol. The number of hydrogen-bond donors (Lipinski definition) is 2. The number of ether oxygens (including phenoxy) is 1. The van der Waals surface area contributed by atoms with E-state index in [1.165, 1.54) is 12.3 Å². The number of aromatic amines is 1. The van der Waals surface area contributed by atoms with Gasteiger partial charge >= 0.3 is 0 Å². The van der Waals surface area contributed by atoms with Gasteiger partial charge in [0, 0.05) is 43.6 Å². The van der Waals surface area contributed by atoms with Crippen LogP contribution in [-0.2, 0) is 6.42 Å². The van der Waals surface area contributed by atoms with Gasteiger partial charge in [0.25, 0.3) is 5.56 Å². The number of Topliss-reactive ketones (excluding diaryl/α,β-unsaturated/α-hetero) is 1. The molecule has 31 heavy (non-hydrogen) atoms. The summed E-state index contributed by atoms with van der Waals surface area (Å²) in [4.78, 5) is 25.9. The van der Waals surface area contributed by atoms with Crippen LogP contribution in [0.1, 0.15) is 41.6 Å². The van der Waals surface area contributed by atoms with Crippen LogP contribution >= 0.6 is 11.6 Å². The fourth-order valence-electron chi connectivity index (χ4n) is 5.15. The number of benzene rings is 1. The maximum atomic E-state index is 14.1. The second-order valence-corrected chi connectivity index (χ2v) is 9.27. The highest BCUT2D eigenvalue weighted by Crippen LogP contribution is 2.50. The van der Waals surface area contributed by atoms with Gasteiger partial charge in [0.2, 0.25) is 0 Å². The van der Waals surface area contributed by atoms with Gasteiger partial charge in [0.1, 0.15) is 16.6 Å². The van der Waals surface area contributed by atoms with E-state index in [1.807, 2.05) is 0 Å². The fraction of sp³-hybridized carbons (Fsp3) is 0.500. The average molecular weight is 447 g/mol. The Morgan fingerprint density at radius 2 is 2.10 bits per heavy atom. The molecule has 1 aliphatic heterocycles. The quantitative estimate of drug-likeness (QED) is 0.709. The maximum absolute atomic E-state index is 14.1. The van der Waals surface area contributed by atoms with E-state index in [9.17, 15) is 14.0 Å². The molecule has 1 saturated heterocycles. The molecule has 0 unspecified atom stereocenters. The van der Waals surface area contributed by atoms with Crippen molar-refractivity contribution in [1.29, 1.82) is 0 Å². The molecule has 0 atom stereocenters. The molecule has 2 aromatic rings. The first-order valence-corrected chi connectivity index (χ1v) is 11.0. The lowest BCUT2D eigenvalue weighted by Gasteiger charge is -2.58. The van der Waals surface area contributed by atoms with Gasteiger partial charge in [-0.15, -0.1) is 0 Å². The Kier molecular flexibility index (Phi) is 5.22. The van der Waals surface area contributed by atoms with Crippen molar-refractivity contribution in [2.24, 2.45) is 5.41 Å². The minimum absolute atomic E-state index is 0.116. The summed E-state index contributed by atoms with van der Waals surface area (Å²) < 4.78 is 20.3. The number of anilines is 1. The van der Waals surface area contributed by atoms with Gasteiger partial charge in [0.05, 0.1) is 23.6 Å². The summed E-state index contributed by atoms with van der Waals surface area (Å²) in [6.07, 6.45) is 5.43. The van der Waals surface area contributed by atoms with Crippen LogP contribution in [-0.4, -0.2) is 53.2 Å². The smallest absolute Gasteiger partial charge is 0.285 e. The third-order valence-corrected chi connectivity index (χ3v) is 6.98. The Bertz CT molecular complexity index is 1070. The molecule has 1 aromatic heterocycles. The number of aromatic nitrogens is 2. The van der Waals surface area contributed by atoms with Crippen LogP contribution in [0, 0.1) is 11.2 Å². The summed E-state index contributed by atoms with van der Waals surface area (Å²) in [7, 11) is 0. The van der Waals surface area contributed by atoms with Gasteiger partial charge in [-0.05, 0) is 37.8 Å². The largest absolute Gasteiger partial charge is 0.490 e. The predicted molar refractivity (Wildman–Crippen MR) is 115 cm³/mol. The van der Waals surface area contributed by atoms with Crippen LogP contribution in [0.25, 0.3) is 0 Å². The average Bonchev–Trinajstić information content (AvgIpc) is 2.69. The third kappa shape index (κ3) is 3.83. The Morgan fingerprint density at radius 3 is 2.90 bits per heavy atom. The Balaban J connectivity index is 1.10. The molecule has 0 bridgehead atoms. The van der Waals surface area contributed by atoms with Crippen molar-refractivity contribution in [2.45, 2.75) is 38.2 Å². The first kappa shape index (κ1) is 20.5. The number of likely N-dealkylation sites (tertiary alicyclic amines) is 1. The number of H-pyrrole nitrogens is 1. The summed E-state index contributed by atoms with van der Waals surface area (Å²) in [5, 5.41) is 9.32. The first-order valence-electron chi connectivity index (χ1n) is 10.6. The lowest BCUT2D eigenvalue weighted by atomic mass is 9.61. The maximum Gasteiger partial charge on any atom is 0.285 e. The zero-order valence-corrected chi connectivity index (χ0v) is 17.8. The number of ketones is 1. The molecule has 0 radical (unpaired) electrons. The van der Waals surface area contributed by atoms with E-state index >= 15 is 0 Å². The van der Waals surface area contributed by atoms with E-state index in [0.717, 1.165) is 44.5 Å². The van der Waals surface area contributed by atoms with Gasteiger partial charge in [-0.1, -0.05) is 11.6 Å². The molecule has 7 nitrogen and oxygen atoms in total. The molecule has 2 aliphatic carbocycles. The molecule has 3 aliphatic rings. The molecule has 1 saturated carbocycles. The van der Waals surface area contributed by atoms with Crippen LogP contribution in [0.4, 0.5) is 10.1 Å². The van der Waals surface area contributed by atoms with Gasteiger partial charge in [-0.25, -0.2) is 9.49 Å². The Hall–Kier alpha value is -2.45. The van der Waals surface area contributed by atoms with E-state index in [4.69, 9.17) is 16.3 Å². The molecule has 2 heterocycles. The van der Waals surface area contributed by atoms with Crippen LogP contribution in [0.5, 0.6) is 5.75 Å². The van der Waals surface area contributed by atoms with E-state index in [1.54, 1.807) is 6.07 Å². The second kappa shape index (κ2) is 7.91. The van der Waals surface area contributed by atoms with Crippen molar-refractivity contribution >= 4 is 23.1 Å². The molecule has 5 rings (SSSR count). The Morgan fingerprint density at radius 1 is 1.29 bits per heavy atom. The summed E-state index contributed by atoms with van der Waals surface area (Å²) >= 11 is 5.96. The molecule has 9 heteroatoms. The predicted octanol–water partition coefficient (Wildman–Crippen LogP) is 3.04. The van der Waals surface area contributed by atoms with Crippen molar-refractivity contribution in [2.75, 3.05) is 31.5 Å². The minimum Gasteiger partial charge on any atom is -0.490 e. The molecular weight excluding hydrogens is 423 g/mol. The number of halogens is 2. The van der Waals surface area contributed by atoms with Crippen LogP contribution in [0.3, 0.4) is 0 Å². The Labute approximate surface area is 183 Å². The van der Waals surface area contributed by atoms with Gasteiger partial charge < -0.3 is 15.0 Å². The number of fused-ring (bicyclic) bond motifs is 1. The summed E-state index contributed by atoms with van der Waals surface area (Å²) in [6, 6.07) is 3.03. The molecule has 2 N–H and O–H groups in total. The molecule has 1 aromatic carbocycles. The van der Waals surface area contributed by atoms with Crippen molar-refractivity contribution in [3.63, 3.8) is 0 Å². The van der Waals surface area contributed by atoms with E-state index < -0.39 is 11.4 Å². The lowest BCUT2D eigenvalue weighted by molar-refractivity contribution is -0.117. The van der Waals surface area contributed by atoms with E-state index in [2.05, 4.69) is 20.4 Å². The molecule has 1 spiro atoms. The number of nitrogens with zero attached hydrogens (tertiary/aromatic N) is 2. The van der Waals surface area contributed by atoms with Gasteiger partial charge in [-0.2, -0.15) is 5.10 Å². The lowest BCUT2D eigenvalue weighted by Crippen LogP contribution is -2.65. The van der Waals surface area contributed by atoms with Crippen molar-refractivity contribution in [3.05, 3.63) is 50.7 Å². The molecule has 0 amide bonds. The van der Waals surface area contributed by atoms with Crippen LogP contribution < -0.4 is 15.6 Å². The number of hydrogen-bond acceptors (Lipinski definition) is 6. The SMILES string of the molecule is O=C1CCCc2c(OC3CC4(C3)CN(CCNc3cn[nH]c(=O)c3Cl)C4)ccc(F)c21. The minimum atomic E-state index is -0.433. The highest BCUT2D eigenvalue weighted by molar-refractivity contribution is 6.32. The second-order valence-electron chi connectivity index (χ2n) is 8.89. The van der Waals surface area contributed by atoms with Gasteiger partial charge in [-0.3, -0.25) is 9.59 Å². The zero-order chi connectivity index (χ0) is 21.6. The fourth-order valence-corrected chi connectivity index (χ4v) is 5.31. The molecule has 164 valence electrons. The third-order valence-electron chi connectivity index (χ3n) is 6.60. The zero-order valence-electron chi connectivity index (χ0n) is 17.0. The summed E-state index contributed by atoms with van der Waals surface area (Å²) in [5.41, 5.74) is 1.41. The van der Waals surface area contributed by atoms with E-state index in [0.29, 0.717) is 36.2 Å². The summed E-state index contributed by atoms with van der Waals surface area (Å²) in [6.45, 7) is 3.55. The number of carbonyl (C=O) groups excluding carboxylic acids is 1. The standard InChI is InChI=1S/C22H24ClFN4O3/c23-20-16(10-26-27-21(20)30)25-6-7-28-11-22(12-28)8-13(9-22)31-18-5-4-15(24)19-14(18)2-1-3-17(19)29/h4-5,10,13H,1-3,6-9,11-12H2,(H2,25,27,30). The van der Waals surface area contributed by atoms with Gasteiger partial charge in [0.15, 0.2) is 5.78 Å². The molecular formula is C22H24ClFN4O3. The van der Waals surface area contributed by atoms with Crippen molar-refractivity contribution in [1.82, 2.24) is 15.1 Å². The van der Waals surface area contributed by atoms with Crippen LogP contribution in [0.2, 0.25) is 5.02 Å². The topological polar surface area (TPSA) is 87.3 Å². The summed E-state index contributed by atoms with van der Waals surface area (Å²) in [5.74, 6) is 0.125. The number of nitrogens with one attached hydrogen (secondary N) is 2. The number of carbonyl (C=O) groups is 1. The first-order chi connectivity index (χ1) is 14.9. The van der Waals surface area contributed by atoms with Crippen molar-refractivity contribution in [3.8, 4) is 5.75 Å². The molecule has 2 fully saturated rings. The van der Waals surface area contributed by atoms with E-state index in [-0.39, 0.29) is 22.5 Å². The normalized spacial score (nSPS) is 20.1. The van der Waals surface area contributed by atoms with Crippen molar-refractivity contribution < 1.29 is 13.9 Å². The number of rotatable bonds is 6. The highest BCUT2D eigenvalue weighted by Gasteiger charge is 2.53. The van der Waals surface area contributed by atoms with Crippen LogP contribution in [0.15, 0.2) is 23.1 Å².